The minimum Gasteiger partial charge on any atom is -0.357 e. The number of hydrogen-bond donors (Lipinski definition) is 2. The zero-order valence-electron chi connectivity index (χ0n) is 13.0. The Bertz CT molecular complexity index is 533. The Morgan fingerprint density at radius 1 is 1.17 bits per heavy atom. The lowest BCUT2D eigenvalue weighted by Gasteiger charge is -2.16. The van der Waals surface area contributed by atoms with Crippen molar-refractivity contribution in [1.82, 2.24) is 10.6 Å². The Labute approximate surface area is 133 Å². The number of benzene rings is 1. The number of guanidine groups is 1. The molecule has 1 aliphatic rings. The number of hydrogen-bond acceptors (Lipinski definition) is 1. The number of halogens is 4. The average Bonchev–Trinajstić information content (AvgIpc) is 3.25. The summed E-state index contributed by atoms with van der Waals surface area (Å²) >= 11 is 0. The molecule has 0 unspecified atom stereocenters. The Morgan fingerprint density at radius 3 is 2.35 bits per heavy atom. The standard InChI is InChI=1S/C16H21F4N3/c1-2-21-14(22-10-9-16(18,19)20)23-11-15(7-8-15)12-3-5-13(17)6-4-12/h3-6H,2,7-11H2,1H3,(H2,21,22,23). The highest BCUT2D eigenvalue weighted by atomic mass is 19.4. The van der Waals surface area contributed by atoms with Gasteiger partial charge in [0.05, 0.1) is 13.0 Å². The highest BCUT2D eigenvalue weighted by molar-refractivity contribution is 5.79. The number of alkyl halides is 3. The van der Waals surface area contributed by atoms with Crippen molar-refractivity contribution in [3.05, 3.63) is 35.6 Å². The van der Waals surface area contributed by atoms with Crippen LogP contribution in [0.2, 0.25) is 0 Å². The molecule has 23 heavy (non-hydrogen) atoms. The molecular weight excluding hydrogens is 310 g/mol. The first-order chi connectivity index (χ1) is 10.8. The van der Waals surface area contributed by atoms with Crippen molar-refractivity contribution < 1.29 is 17.6 Å². The first-order valence-electron chi connectivity index (χ1n) is 7.70. The molecule has 1 fully saturated rings. The van der Waals surface area contributed by atoms with Gasteiger partial charge in [0.25, 0.3) is 0 Å². The maximum atomic E-state index is 13.0. The molecule has 0 saturated heterocycles. The number of nitrogens with zero attached hydrogens (tertiary/aromatic N) is 1. The third kappa shape index (κ3) is 5.41. The highest BCUT2D eigenvalue weighted by Crippen LogP contribution is 2.48. The molecular formula is C16H21F4N3. The minimum atomic E-state index is -4.18. The highest BCUT2D eigenvalue weighted by Gasteiger charge is 2.44. The van der Waals surface area contributed by atoms with Gasteiger partial charge >= 0.3 is 6.18 Å². The summed E-state index contributed by atoms with van der Waals surface area (Å²) in [7, 11) is 0. The lowest BCUT2D eigenvalue weighted by molar-refractivity contribution is -0.132. The summed E-state index contributed by atoms with van der Waals surface area (Å²) in [5, 5.41) is 5.64. The molecule has 1 aromatic rings. The van der Waals surface area contributed by atoms with Crippen LogP contribution in [-0.4, -0.2) is 31.8 Å². The summed E-state index contributed by atoms with van der Waals surface area (Å²) in [5.41, 5.74) is 0.911. The van der Waals surface area contributed by atoms with E-state index in [1.807, 2.05) is 6.92 Å². The second-order valence-corrected chi connectivity index (χ2v) is 5.77. The molecule has 0 aromatic heterocycles. The van der Waals surface area contributed by atoms with Crippen molar-refractivity contribution in [3.8, 4) is 0 Å². The average molecular weight is 331 g/mol. The molecule has 0 radical (unpaired) electrons. The van der Waals surface area contributed by atoms with Gasteiger partial charge < -0.3 is 10.6 Å². The summed E-state index contributed by atoms with van der Waals surface area (Å²) in [4.78, 5) is 4.40. The fraction of sp³-hybridized carbons (Fsp3) is 0.562. The maximum Gasteiger partial charge on any atom is 0.390 e. The largest absolute Gasteiger partial charge is 0.390 e. The molecule has 3 nitrogen and oxygen atoms in total. The third-order valence-corrected chi connectivity index (χ3v) is 3.90. The fourth-order valence-electron chi connectivity index (χ4n) is 2.39. The monoisotopic (exact) mass is 331 g/mol. The second kappa shape index (κ2) is 7.19. The number of rotatable bonds is 6. The quantitative estimate of drug-likeness (QED) is 0.476. The predicted molar refractivity (Wildman–Crippen MR) is 82.0 cm³/mol. The minimum absolute atomic E-state index is 0.111. The Balaban J connectivity index is 1.95. The van der Waals surface area contributed by atoms with E-state index in [1.165, 1.54) is 12.1 Å². The van der Waals surface area contributed by atoms with Gasteiger partial charge in [0.15, 0.2) is 5.96 Å². The van der Waals surface area contributed by atoms with Crippen molar-refractivity contribution in [1.29, 1.82) is 0 Å². The fourth-order valence-corrected chi connectivity index (χ4v) is 2.39. The molecule has 1 aliphatic carbocycles. The van der Waals surface area contributed by atoms with E-state index in [1.54, 1.807) is 12.1 Å². The molecule has 1 aromatic carbocycles. The van der Waals surface area contributed by atoms with Crippen LogP contribution >= 0.6 is 0 Å². The van der Waals surface area contributed by atoms with Crippen LogP contribution in [0.4, 0.5) is 17.6 Å². The van der Waals surface area contributed by atoms with E-state index in [4.69, 9.17) is 0 Å². The van der Waals surface area contributed by atoms with Crippen LogP contribution in [0, 0.1) is 5.82 Å². The second-order valence-electron chi connectivity index (χ2n) is 5.77. The Kier molecular flexibility index (Phi) is 5.49. The van der Waals surface area contributed by atoms with E-state index < -0.39 is 12.6 Å². The van der Waals surface area contributed by atoms with Gasteiger partial charge in [-0.05, 0) is 37.5 Å². The van der Waals surface area contributed by atoms with Crippen molar-refractivity contribution in [2.24, 2.45) is 4.99 Å². The van der Waals surface area contributed by atoms with Crippen molar-refractivity contribution in [2.75, 3.05) is 19.6 Å². The van der Waals surface area contributed by atoms with E-state index >= 15 is 0 Å². The summed E-state index contributed by atoms with van der Waals surface area (Å²) in [6.07, 6.45) is -3.19. The SMILES string of the molecule is CCNC(=NCC1(c2ccc(F)cc2)CC1)NCCC(F)(F)F. The maximum absolute atomic E-state index is 13.0. The van der Waals surface area contributed by atoms with Crippen LogP contribution in [0.3, 0.4) is 0 Å². The molecule has 0 atom stereocenters. The molecule has 2 N–H and O–H groups in total. The first kappa shape index (κ1) is 17.6. The molecule has 0 bridgehead atoms. The van der Waals surface area contributed by atoms with Crippen LogP contribution in [-0.2, 0) is 5.41 Å². The van der Waals surface area contributed by atoms with Crippen LogP contribution < -0.4 is 10.6 Å². The van der Waals surface area contributed by atoms with E-state index in [2.05, 4.69) is 15.6 Å². The zero-order valence-corrected chi connectivity index (χ0v) is 13.0. The van der Waals surface area contributed by atoms with Gasteiger partial charge in [0.1, 0.15) is 5.82 Å². The molecule has 0 amide bonds. The van der Waals surface area contributed by atoms with Crippen LogP contribution in [0.1, 0.15) is 31.7 Å². The molecule has 0 aliphatic heterocycles. The number of nitrogens with one attached hydrogen (secondary N) is 2. The summed E-state index contributed by atoms with van der Waals surface area (Å²) < 4.78 is 49.6. The van der Waals surface area contributed by atoms with Gasteiger partial charge in [0.2, 0.25) is 0 Å². The van der Waals surface area contributed by atoms with Gasteiger partial charge in [-0.3, -0.25) is 4.99 Å². The summed E-state index contributed by atoms with van der Waals surface area (Å²) in [6, 6.07) is 6.35. The molecule has 2 rings (SSSR count). The van der Waals surface area contributed by atoms with Crippen molar-refractivity contribution in [3.63, 3.8) is 0 Å². The third-order valence-electron chi connectivity index (χ3n) is 3.90. The molecule has 128 valence electrons. The van der Waals surface area contributed by atoms with Gasteiger partial charge in [-0.1, -0.05) is 12.1 Å². The summed E-state index contributed by atoms with van der Waals surface area (Å²) in [5.74, 6) is 0.0975. The molecule has 0 heterocycles. The normalized spacial score (nSPS) is 17.0. The van der Waals surface area contributed by atoms with E-state index in [9.17, 15) is 17.6 Å². The first-order valence-corrected chi connectivity index (χ1v) is 7.70. The van der Waals surface area contributed by atoms with Crippen molar-refractivity contribution >= 4 is 5.96 Å². The van der Waals surface area contributed by atoms with E-state index in [0.29, 0.717) is 19.0 Å². The summed E-state index contributed by atoms with van der Waals surface area (Å²) in [6.45, 7) is 2.69. The van der Waals surface area contributed by atoms with Crippen LogP contribution in [0.5, 0.6) is 0 Å². The predicted octanol–water partition coefficient (Wildman–Crippen LogP) is 3.36. The topological polar surface area (TPSA) is 36.4 Å². The molecule has 0 spiro atoms. The Hall–Kier alpha value is -1.79. The van der Waals surface area contributed by atoms with Gasteiger partial charge in [0, 0.05) is 18.5 Å². The molecule has 7 heteroatoms. The van der Waals surface area contributed by atoms with Gasteiger partial charge in [-0.15, -0.1) is 0 Å². The lowest BCUT2D eigenvalue weighted by atomic mass is 9.96. The van der Waals surface area contributed by atoms with Crippen molar-refractivity contribution in [2.45, 2.75) is 37.8 Å². The Morgan fingerprint density at radius 2 is 1.83 bits per heavy atom. The number of aliphatic imine (C=N–C) groups is 1. The van der Waals surface area contributed by atoms with Crippen LogP contribution in [0.25, 0.3) is 0 Å². The van der Waals surface area contributed by atoms with E-state index in [-0.39, 0.29) is 17.8 Å². The van der Waals surface area contributed by atoms with Crippen LogP contribution in [0.15, 0.2) is 29.3 Å². The zero-order chi connectivity index (χ0) is 16.9. The van der Waals surface area contributed by atoms with E-state index in [0.717, 1.165) is 18.4 Å². The van der Waals surface area contributed by atoms with Gasteiger partial charge in [-0.25, -0.2) is 4.39 Å². The molecule has 1 saturated carbocycles. The lowest BCUT2D eigenvalue weighted by Crippen LogP contribution is -2.39. The smallest absolute Gasteiger partial charge is 0.357 e. The van der Waals surface area contributed by atoms with Gasteiger partial charge in [-0.2, -0.15) is 13.2 Å².